The first-order chi connectivity index (χ1) is 15.0. The number of nitrogens with one attached hydrogen (secondary N) is 2. The molecule has 0 radical (unpaired) electrons. The van der Waals surface area contributed by atoms with Crippen LogP contribution in [-0.4, -0.2) is 38.8 Å². The van der Waals surface area contributed by atoms with Crippen LogP contribution in [-0.2, 0) is 16.4 Å². The molecule has 0 saturated carbocycles. The molecule has 12 heteroatoms. The quantitative estimate of drug-likeness (QED) is 0.590. The molecule has 3 aromatic heterocycles. The smallest absolute Gasteiger partial charge is 0.383 e. The van der Waals surface area contributed by atoms with Crippen LogP contribution in [0, 0.1) is 0 Å². The number of alkyl halides is 3. The van der Waals surface area contributed by atoms with Gasteiger partial charge < -0.3 is 15.5 Å². The van der Waals surface area contributed by atoms with Crippen LogP contribution >= 0.6 is 11.5 Å². The van der Waals surface area contributed by atoms with Gasteiger partial charge in [0.2, 0.25) is 11.9 Å². The second-order valence-electron chi connectivity index (χ2n) is 8.07. The highest BCUT2D eigenvalue weighted by molar-refractivity contribution is 7.09. The average Bonchev–Trinajstić information content (AvgIpc) is 3.31. The number of carbonyl (C=O) groups excluding carboxylic acids is 1. The van der Waals surface area contributed by atoms with E-state index in [-0.39, 0.29) is 22.9 Å². The fourth-order valence-electron chi connectivity index (χ4n) is 3.30. The minimum Gasteiger partial charge on any atom is -0.383 e. The molecule has 0 aliphatic carbocycles. The van der Waals surface area contributed by atoms with E-state index in [4.69, 9.17) is 0 Å². The molecular formula is C20H20F3N7OS. The fraction of sp³-hybridized carbons (Fsp3) is 0.350. The van der Waals surface area contributed by atoms with Crippen molar-refractivity contribution in [3.63, 3.8) is 0 Å². The van der Waals surface area contributed by atoms with Gasteiger partial charge >= 0.3 is 6.18 Å². The van der Waals surface area contributed by atoms with Crippen LogP contribution in [0.5, 0.6) is 0 Å². The maximum absolute atomic E-state index is 13.1. The summed E-state index contributed by atoms with van der Waals surface area (Å²) in [6, 6.07) is 2.83. The van der Waals surface area contributed by atoms with Crippen molar-refractivity contribution in [3.05, 3.63) is 35.7 Å². The molecule has 3 aromatic rings. The summed E-state index contributed by atoms with van der Waals surface area (Å²) < 4.78 is 43.6. The Kier molecular flexibility index (Phi) is 5.27. The van der Waals surface area contributed by atoms with Crippen molar-refractivity contribution in [2.24, 2.45) is 0 Å². The summed E-state index contributed by atoms with van der Waals surface area (Å²) in [5.74, 6) is -0.262. The van der Waals surface area contributed by atoms with E-state index in [2.05, 4.69) is 43.8 Å². The number of hydrogen-bond donors (Lipinski definition) is 2. The third-order valence-corrected chi connectivity index (χ3v) is 6.00. The Morgan fingerprint density at radius 3 is 2.69 bits per heavy atom. The lowest BCUT2D eigenvalue weighted by atomic mass is 9.87. The van der Waals surface area contributed by atoms with E-state index in [0.29, 0.717) is 16.9 Å². The number of hydrogen-bond acceptors (Lipinski definition) is 8. The van der Waals surface area contributed by atoms with Crippen molar-refractivity contribution in [3.8, 4) is 10.7 Å². The molecule has 2 N–H and O–H groups in total. The van der Waals surface area contributed by atoms with E-state index >= 15 is 0 Å². The Labute approximate surface area is 186 Å². The van der Waals surface area contributed by atoms with E-state index < -0.39 is 17.6 Å². The molecule has 0 aromatic carbocycles. The van der Waals surface area contributed by atoms with Gasteiger partial charge in [-0.2, -0.15) is 22.5 Å². The predicted octanol–water partition coefficient (Wildman–Crippen LogP) is 4.44. The number of anilines is 4. The Balaban J connectivity index is 1.65. The lowest BCUT2D eigenvalue weighted by Crippen LogP contribution is -2.25. The van der Waals surface area contributed by atoms with Crippen molar-refractivity contribution in [2.45, 2.75) is 32.4 Å². The Bertz CT molecular complexity index is 1190. The number of halogens is 3. The summed E-state index contributed by atoms with van der Waals surface area (Å²) in [6.07, 6.45) is -2.14. The van der Waals surface area contributed by atoms with Gasteiger partial charge in [0, 0.05) is 32.1 Å². The van der Waals surface area contributed by atoms with Gasteiger partial charge in [0.05, 0.1) is 23.1 Å². The van der Waals surface area contributed by atoms with Crippen molar-refractivity contribution in [1.29, 1.82) is 0 Å². The number of aromatic nitrogens is 4. The second kappa shape index (κ2) is 7.69. The van der Waals surface area contributed by atoms with E-state index in [1.807, 2.05) is 6.07 Å². The van der Waals surface area contributed by atoms with E-state index in [9.17, 15) is 18.0 Å². The van der Waals surface area contributed by atoms with E-state index in [1.54, 1.807) is 6.20 Å². The Hall–Kier alpha value is -3.28. The SMILES string of the molecule is CC(=O)N(C)c1cc(C(F)(F)F)cnc1Nc1nsc(-c2cc3c(cn2)NCC3(C)C)n1. The largest absolute Gasteiger partial charge is 0.417 e. The number of pyridine rings is 2. The zero-order valence-corrected chi connectivity index (χ0v) is 18.5. The van der Waals surface area contributed by atoms with Crippen LogP contribution in [0.3, 0.4) is 0 Å². The minimum absolute atomic E-state index is 0.0345. The molecule has 1 aliphatic rings. The summed E-state index contributed by atoms with van der Waals surface area (Å²) in [4.78, 5) is 25.6. The summed E-state index contributed by atoms with van der Waals surface area (Å²) in [5.41, 5.74) is 1.71. The highest BCUT2D eigenvalue weighted by Crippen LogP contribution is 2.38. The molecule has 32 heavy (non-hydrogen) atoms. The maximum Gasteiger partial charge on any atom is 0.417 e. The first-order valence-corrected chi connectivity index (χ1v) is 10.4. The monoisotopic (exact) mass is 463 g/mol. The summed E-state index contributed by atoms with van der Waals surface area (Å²) in [7, 11) is 1.37. The molecule has 0 bridgehead atoms. The lowest BCUT2D eigenvalue weighted by molar-refractivity contribution is -0.137. The molecule has 1 amide bonds. The van der Waals surface area contributed by atoms with Gasteiger partial charge in [-0.3, -0.25) is 9.78 Å². The molecule has 0 saturated heterocycles. The summed E-state index contributed by atoms with van der Waals surface area (Å²) >= 11 is 1.10. The van der Waals surface area contributed by atoms with Gasteiger partial charge in [0.25, 0.3) is 0 Å². The maximum atomic E-state index is 13.1. The van der Waals surface area contributed by atoms with Gasteiger partial charge in [-0.1, -0.05) is 13.8 Å². The second-order valence-corrected chi connectivity index (χ2v) is 8.82. The molecule has 0 atom stereocenters. The van der Waals surface area contributed by atoms with Gasteiger partial charge in [0.1, 0.15) is 5.69 Å². The number of nitrogens with zero attached hydrogens (tertiary/aromatic N) is 5. The number of amides is 1. The number of fused-ring (bicyclic) bond motifs is 1. The van der Waals surface area contributed by atoms with Crippen LogP contribution < -0.4 is 15.5 Å². The van der Waals surface area contributed by atoms with Gasteiger partial charge in [-0.05, 0) is 29.2 Å². The normalized spacial score (nSPS) is 14.6. The van der Waals surface area contributed by atoms with Crippen molar-refractivity contribution < 1.29 is 18.0 Å². The first-order valence-electron chi connectivity index (χ1n) is 9.63. The zero-order chi connectivity index (χ0) is 23.3. The standard InChI is InChI=1S/C20H20F3N7OS/c1-10(31)30(4)15-5-11(20(21,22)23)7-25-16(15)27-18-28-17(32-29-18)13-6-12-14(8-24-13)26-9-19(12,2)3/h5-8,26H,9H2,1-4H3,(H,25,27,29). The number of carbonyl (C=O) groups is 1. The van der Waals surface area contributed by atoms with Crippen molar-refractivity contribution in [2.75, 3.05) is 29.1 Å². The van der Waals surface area contributed by atoms with Gasteiger partial charge in [0.15, 0.2) is 10.8 Å². The van der Waals surface area contributed by atoms with Crippen LogP contribution in [0.15, 0.2) is 24.5 Å². The van der Waals surface area contributed by atoms with Gasteiger partial charge in [-0.25, -0.2) is 4.98 Å². The molecule has 8 nitrogen and oxygen atoms in total. The van der Waals surface area contributed by atoms with Crippen LogP contribution in [0.2, 0.25) is 0 Å². The zero-order valence-electron chi connectivity index (χ0n) is 17.7. The third-order valence-electron chi connectivity index (χ3n) is 5.26. The topological polar surface area (TPSA) is 95.9 Å². The minimum atomic E-state index is -4.59. The van der Waals surface area contributed by atoms with Crippen molar-refractivity contribution >= 4 is 40.6 Å². The van der Waals surface area contributed by atoms with Crippen LogP contribution in [0.4, 0.5) is 36.3 Å². The molecular weight excluding hydrogens is 443 g/mol. The summed E-state index contributed by atoms with van der Waals surface area (Å²) in [6.45, 7) is 6.32. The number of rotatable bonds is 4. The predicted molar refractivity (Wildman–Crippen MR) is 116 cm³/mol. The van der Waals surface area contributed by atoms with Gasteiger partial charge in [-0.15, -0.1) is 0 Å². The van der Waals surface area contributed by atoms with E-state index in [0.717, 1.165) is 40.3 Å². The average molecular weight is 463 g/mol. The van der Waals surface area contributed by atoms with E-state index in [1.165, 1.54) is 14.0 Å². The Morgan fingerprint density at radius 1 is 1.25 bits per heavy atom. The molecule has 0 spiro atoms. The molecule has 1 aliphatic heterocycles. The highest BCUT2D eigenvalue weighted by atomic mass is 32.1. The first kappa shape index (κ1) is 21.9. The lowest BCUT2D eigenvalue weighted by Gasteiger charge is -2.20. The van der Waals surface area contributed by atoms with Crippen LogP contribution in [0.1, 0.15) is 31.9 Å². The molecule has 168 valence electrons. The van der Waals surface area contributed by atoms with Crippen molar-refractivity contribution in [1.82, 2.24) is 19.3 Å². The molecule has 4 rings (SSSR count). The summed E-state index contributed by atoms with van der Waals surface area (Å²) in [5, 5.41) is 6.69. The highest BCUT2D eigenvalue weighted by Gasteiger charge is 2.33. The third kappa shape index (κ3) is 4.09. The fourth-order valence-corrected chi connectivity index (χ4v) is 3.89. The van der Waals surface area contributed by atoms with Crippen LogP contribution in [0.25, 0.3) is 10.7 Å². The molecule has 4 heterocycles. The Morgan fingerprint density at radius 2 is 2.00 bits per heavy atom. The molecule has 0 unspecified atom stereocenters. The molecule has 0 fully saturated rings.